The fraction of sp³-hybridized carbons (Fsp3) is 0.538. The Balaban J connectivity index is 2.84. The SMILES string of the molecule is C=CCC1=CC(OC)C(O)(CN(C)C)C=C1. The molecule has 0 aliphatic heterocycles. The Hall–Kier alpha value is -0.900. The summed E-state index contributed by atoms with van der Waals surface area (Å²) in [5.74, 6) is 0. The minimum absolute atomic E-state index is 0.296. The highest BCUT2D eigenvalue weighted by molar-refractivity contribution is 5.33. The average molecular weight is 223 g/mol. The Morgan fingerprint density at radius 3 is 2.81 bits per heavy atom. The van der Waals surface area contributed by atoms with Gasteiger partial charge in [0, 0.05) is 13.7 Å². The number of hydrogen-bond donors (Lipinski definition) is 1. The number of nitrogens with zero attached hydrogens (tertiary/aromatic N) is 1. The van der Waals surface area contributed by atoms with Crippen LogP contribution < -0.4 is 0 Å². The number of aliphatic hydroxyl groups is 1. The molecule has 0 heterocycles. The van der Waals surface area contributed by atoms with E-state index in [9.17, 15) is 5.11 Å². The Morgan fingerprint density at radius 2 is 2.31 bits per heavy atom. The van der Waals surface area contributed by atoms with E-state index in [1.54, 1.807) is 7.11 Å². The smallest absolute Gasteiger partial charge is 0.125 e. The Kier molecular flexibility index (Phi) is 4.47. The van der Waals surface area contributed by atoms with Gasteiger partial charge in [-0.15, -0.1) is 6.58 Å². The van der Waals surface area contributed by atoms with Crippen LogP contribution in [-0.4, -0.2) is 49.5 Å². The zero-order chi connectivity index (χ0) is 12.2. The van der Waals surface area contributed by atoms with Crippen LogP contribution in [0.2, 0.25) is 0 Å². The summed E-state index contributed by atoms with van der Waals surface area (Å²) in [6.07, 6.45) is 8.08. The van der Waals surface area contributed by atoms with Crippen molar-refractivity contribution in [3.05, 3.63) is 36.5 Å². The monoisotopic (exact) mass is 223 g/mol. The molecule has 16 heavy (non-hydrogen) atoms. The van der Waals surface area contributed by atoms with Crippen LogP contribution in [0.15, 0.2) is 36.5 Å². The van der Waals surface area contributed by atoms with Gasteiger partial charge in [-0.1, -0.05) is 12.2 Å². The molecule has 0 aromatic carbocycles. The van der Waals surface area contributed by atoms with Crippen LogP contribution >= 0.6 is 0 Å². The third-order valence-electron chi connectivity index (χ3n) is 2.65. The first-order valence-corrected chi connectivity index (χ1v) is 5.42. The molecule has 0 amide bonds. The van der Waals surface area contributed by atoms with Gasteiger partial charge >= 0.3 is 0 Å². The summed E-state index contributed by atoms with van der Waals surface area (Å²) in [5, 5.41) is 10.5. The van der Waals surface area contributed by atoms with Crippen LogP contribution in [0.25, 0.3) is 0 Å². The van der Waals surface area contributed by atoms with E-state index in [-0.39, 0.29) is 6.10 Å². The molecule has 0 bridgehead atoms. The van der Waals surface area contributed by atoms with Gasteiger partial charge in [-0.05, 0) is 38.2 Å². The molecule has 3 heteroatoms. The number of ether oxygens (including phenoxy) is 1. The maximum atomic E-state index is 10.5. The third kappa shape index (κ3) is 3.04. The van der Waals surface area contributed by atoms with E-state index in [4.69, 9.17) is 4.74 Å². The Labute approximate surface area is 97.7 Å². The van der Waals surface area contributed by atoms with E-state index in [2.05, 4.69) is 6.58 Å². The van der Waals surface area contributed by atoms with E-state index in [1.165, 1.54) is 0 Å². The summed E-state index contributed by atoms with van der Waals surface area (Å²) in [7, 11) is 5.48. The number of hydrogen-bond acceptors (Lipinski definition) is 3. The van der Waals surface area contributed by atoms with Gasteiger partial charge < -0.3 is 14.7 Å². The van der Waals surface area contributed by atoms with Crippen molar-refractivity contribution < 1.29 is 9.84 Å². The van der Waals surface area contributed by atoms with E-state index in [0.717, 1.165) is 12.0 Å². The average Bonchev–Trinajstić information content (AvgIpc) is 2.20. The Morgan fingerprint density at radius 1 is 1.62 bits per heavy atom. The summed E-state index contributed by atoms with van der Waals surface area (Å²) in [6.45, 7) is 4.25. The molecule has 1 rings (SSSR count). The van der Waals surface area contributed by atoms with Crippen molar-refractivity contribution in [1.82, 2.24) is 4.90 Å². The van der Waals surface area contributed by atoms with Crippen molar-refractivity contribution in [2.75, 3.05) is 27.7 Å². The lowest BCUT2D eigenvalue weighted by Gasteiger charge is -2.35. The van der Waals surface area contributed by atoms with Gasteiger partial charge in [-0.3, -0.25) is 0 Å². The third-order valence-corrected chi connectivity index (χ3v) is 2.65. The maximum Gasteiger partial charge on any atom is 0.125 e. The largest absolute Gasteiger partial charge is 0.381 e. The lowest BCUT2D eigenvalue weighted by atomic mass is 9.88. The predicted octanol–water partition coefficient (Wildman–Crippen LogP) is 1.37. The minimum Gasteiger partial charge on any atom is -0.381 e. The van der Waals surface area contributed by atoms with E-state index >= 15 is 0 Å². The van der Waals surface area contributed by atoms with Crippen LogP contribution in [0.4, 0.5) is 0 Å². The summed E-state index contributed by atoms with van der Waals surface area (Å²) >= 11 is 0. The van der Waals surface area contributed by atoms with Crippen molar-refractivity contribution in [3.63, 3.8) is 0 Å². The highest BCUT2D eigenvalue weighted by Gasteiger charge is 2.35. The molecule has 2 unspecified atom stereocenters. The van der Waals surface area contributed by atoms with Crippen molar-refractivity contribution in [2.24, 2.45) is 0 Å². The van der Waals surface area contributed by atoms with Gasteiger partial charge in [0.15, 0.2) is 0 Å². The zero-order valence-corrected chi connectivity index (χ0v) is 10.3. The highest BCUT2D eigenvalue weighted by Crippen LogP contribution is 2.25. The van der Waals surface area contributed by atoms with Crippen LogP contribution in [0.3, 0.4) is 0 Å². The summed E-state index contributed by atoms with van der Waals surface area (Å²) in [4.78, 5) is 1.95. The molecule has 0 fully saturated rings. The molecule has 0 saturated heterocycles. The molecule has 0 radical (unpaired) electrons. The van der Waals surface area contributed by atoms with Crippen molar-refractivity contribution in [3.8, 4) is 0 Å². The summed E-state index contributed by atoms with van der Waals surface area (Å²) < 4.78 is 5.35. The second kappa shape index (κ2) is 5.43. The molecular weight excluding hydrogens is 202 g/mol. The molecule has 90 valence electrons. The molecule has 0 aromatic rings. The van der Waals surface area contributed by atoms with Gasteiger partial charge in [-0.2, -0.15) is 0 Å². The standard InChI is InChI=1S/C13H21NO2/c1-5-6-11-7-8-13(15,10-14(2)3)12(9-11)16-4/h5,7-9,12,15H,1,6,10H2,2-4H3. The summed E-state index contributed by atoms with van der Waals surface area (Å²) in [6, 6.07) is 0. The molecule has 0 spiro atoms. The van der Waals surface area contributed by atoms with E-state index in [1.807, 2.05) is 43.3 Å². The summed E-state index contributed by atoms with van der Waals surface area (Å²) in [5.41, 5.74) is 0.188. The maximum absolute atomic E-state index is 10.5. The van der Waals surface area contributed by atoms with Gasteiger partial charge in [0.25, 0.3) is 0 Å². The molecule has 0 saturated carbocycles. The molecule has 1 aliphatic carbocycles. The zero-order valence-electron chi connectivity index (χ0n) is 10.3. The number of likely N-dealkylation sites (N-methyl/N-ethyl adjacent to an activating group) is 1. The van der Waals surface area contributed by atoms with Gasteiger partial charge in [-0.25, -0.2) is 0 Å². The van der Waals surface area contributed by atoms with Crippen LogP contribution in [0, 0.1) is 0 Å². The molecule has 1 aliphatic rings. The topological polar surface area (TPSA) is 32.7 Å². The fourth-order valence-corrected chi connectivity index (χ4v) is 1.96. The van der Waals surface area contributed by atoms with Crippen LogP contribution in [-0.2, 0) is 4.74 Å². The second-order valence-corrected chi connectivity index (χ2v) is 4.45. The van der Waals surface area contributed by atoms with E-state index in [0.29, 0.717) is 6.54 Å². The fourth-order valence-electron chi connectivity index (χ4n) is 1.96. The first-order chi connectivity index (χ1) is 7.51. The quantitative estimate of drug-likeness (QED) is 0.714. The second-order valence-electron chi connectivity index (χ2n) is 4.45. The van der Waals surface area contributed by atoms with Crippen molar-refractivity contribution >= 4 is 0 Å². The normalized spacial score (nSPS) is 29.3. The molecule has 1 N–H and O–H groups in total. The predicted molar refractivity (Wildman–Crippen MR) is 66.3 cm³/mol. The van der Waals surface area contributed by atoms with Crippen molar-refractivity contribution in [2.45, 2.75) is 18.1 Å². The molecular formula is C13H21NO2. The molecule has 2 atom stereocenters. The number of allylic oxidation sites excluding steroid dienone is 3. The van der Waals surface area contributed by atoms with Crippen molar-refractivity contribution in [1.29, 1.82) is 0 Å². The lowest BCUT2D eigenvalue weighted by Crippen LogP contribution is -2.49. The van der Waals surface area contributed by atoms with Gasteiger partial charge in [0.05, 0.1) is 0 Å². The first kappa shape index (κ1) is 13.2. The number of rotatable bonds is 5. The van der Waals surface area contributed by atoms with Gasteiger partial charge in [0.1, 0.15) is 11.7 Å². The highest BCUT2D eigenvalue weighted by atomic mass is 16.5. The lowest BCUT2D eigenvalue weighted by molar-refractivity contribution is -0.0508. The van der Waals surface area contributed by atoms with E-state index < -0.39 is 5.60 Å². The van der Waals surface area contributed by atoms with Crippen LogP contribution in [0.1, 0.15) is 6.42 Å². The number of methoxy groups -OCH3 is 1. The molecule has 3 nitrogen and oxygen atoms in total. The first-order valence-electron chi connectivity index (χ1n) is 5.42. The Bertz CT molecular complexity index is 307. The van der Waals surface area contributed by atoms with Crippen LogP contribution in [0.5, 0.6) is 0 Å². The minimum atomic E-state index is -0.942. The molecule has 0 aromatic heterocycles. The van der Waals surface area contributed by atoms with Gasteiger partial charge in [0.2, 0.25) is 0 Å².